The molecule has 1 nitrogen and oxygen atoms in total. The average molecular weight is 370 g/mol. The molecule has 0 radical (unpaired) electrons. The van der Waals surface area contributed by atoms with Crippen LogP contribution in [0.3, 0.4) is 0 Å². The summed E-state index contributed by atoms with van der Waals surface area (Å²) in [6.07, 6.45) is 6.90. The number of hydrogen-bond acceptors (Lipinski definition) is 1. The summed E-state index contributed by atoms with van der Waals surface area (Å²) in [4.78, 5) is 2.45. The number of nitrogens with zero attached hydrogens (tertiary/aromatic N) is 1. The zero-order valence-electron chi connectivity index (χ0n) is 17.0. The van der Waals surface area contributed by atoms with E-state index < -0.39 is 0 Å². The number of benzene rings is 3. The highest BCUT2D eigenvalue weighted by Crippen LogP contribution is 2.15. The first-order chi connectivity index (χ1) is 13.7. The van der Waals surface area contributed by atoms with E-state index in [1.54, 1.807) is 0 Å². The lowest BCUT2D eigenvalue weighted by molar-refractivity contribution is 0.271. The fraction of sp³-hybridized carbons (Fsp3) is 0.259. The van der Waals surface area contributed by atoms with Gasteiger partial charge in [-0.05, 0) is 42.5 Å². The van der Waals surface area contributed by atoms with Crippen molar-refractivity contribution in [2.75, 3.05) is 7.05 Å². The summed E-state index contributed by atoms with van der Waals surface area (Å²) in [6.45, 7) is 3.26. The minimum absolute atomic E-state index is 0.376. The van der Waals surface area contributed by atoms with Gasteiger partial charge in [0, 0.05) is 12.6 Å². The van der Waals surface area contributed by atoms with Crippen LogP contribution >= 0.6 is 0 Å². The molecule has 0 saturated carbocycles. The second-order valence-electron chi connectivity index (χ2n) is 7.71. The highest BCUT2D eigenvalue weighted by Gasteiger charge is 2.13. The van der Waals surface area contributed by atoms with Gasteiger partial charge in [-0.25, -0.2) is 0 Å². The van der Waals surface area contributed by atoms with Gasteiger partial charge in [-0.2, -0.15) is 0 Å². The third-order valence-electron chi connectivity index (χ3n) is 5.19. The highest BCUT2D eigenvalue weighted by atomic mass is 15.1. The van der Waals surface area contributed by atoms with Crippen molar-refractivity contribution in [2.45, 2.75) is 32.4 Å². The summed E-state index contributed by atoms with van der Waals surface area (Å²) in [7, 11) is 2.23. The van der Waals surface area contributed by atoms with E-state index in [0.29, 0.717) is 12.0 Å². The summed E-state index contributed by atoms with van der Waals surface area (Å²) < 4.78 is 0. The molecule has 3 aromatic carbocycles. The van der Waals surface area contributed by atoms with E-state index in [-0.39, 0.29) is 0 Å². The van der Waals surface area contributed by atoms with Gasteiger partial charge in [0.25, 0.3) is 0 Å². The highest BCUT2D eigenvalue weighted by molar-refractivity contribution is 5.20. The molecule has 0 N–H and O–H groups in total. The Bertz CT molecular complexity index is 824. The molecule has 0 heterocycles. The van der Waals surface area contributed by atoms with E-state index in [1.807, 2.05) is 0 Å². The summed E-state index contributed by atoms with van der Waals surface area (Å²) >= 11 is 0. The van der Waals surface area contributed by atoms with E-state index >= 15 is 0 Å². The molecule has 3 rings (SSSR count). The first kappa shape index (κ1) is 20.1. The largest absolute Gasteiger partial charge is 0.295 e. The Morgan fingerprint density at radius 1 is 0.643 bits per heavy atom. The van der Waals surface area contributed by atoms with Crippen LogP contribution in [0.1, 0.15) is 23.6 Å². The Labute approximate surface area is 170 Å². The number of allylic oxidation sites excluding steroid dienone is 1. The lowest BCUT2D eigenvalue weighted by Gasteiger charge is -2.26. The second kappa shape index (κ2) is 10.6. The Hall–Kier alpha value is -2.64. The summed E-state index contributed by atoms with van der Waals surface area (Å²) in [5, 5.41) is 0. The Morgan fingerprint density at radius 2 is 1.11 bits per heavy atom. The predicted octanol–water partition coefficient (Wildman–Crippen LogP) is 6.16. The zero-order chi connectivity index (χ0) is 19.6. The van der Waals surface area contributed by atoms with Crippen molar-refractivity contribution in [1.29, 1.82) is 0 Å². The van der Waals surface area contributed by atoms with Gasteiger partial charge in [-0.3, -0.25) is 4.90 Å². The molecular weight excluding hydrogens is 338 g/mol. The molecule has 0 aliphatic heterocycles. The Kier molecular flexibility index (Phi) is 7.63. The number of likely N-dealkylation sites (N-methyl/N-ethyl adjacent to an activating group) is 1. The topological polar surface area (TPSA) is 3.24 Å². The van der Waals surface area contributed by atoms with Gasteiger partial charge in [-0.1, -0.05) is 110 Å². The molecule has 1 heteroatoms. The fourth-order valence-corrected chi connectivity index (χ4v) is 3.59. The van der Waals surface area contributed by atoms with Crippen molar-refractivity contribution in [3.8, 4) is 0 Å². The van der Waals surface area contributed by atoms with Crippen LogP contribution in [0, 0.1) is 5.92 Å². The van der Waals surface area contributed by atoms with Crippen molar-refractivity contribution in [3.05, 3.63) is 120 Å². The second-order valence-corrected chi connectivity index (χ2v) is 7.71. The van der Waals surface area contributed by atoms with Crippen molar-refractivity contribution in [3.63, 3.8) is 0 Å². The lowest BCUT2D eigenvalue weighted by Crippen LogP contribution is -2.31. The monoisotopic (exact) mass is 369 g/mol. The van der Waals surface area contributed by atoms with E-state index in [4.69, 9.17) is 0 Å². The van der Waals surface area contributed by atoms with Crippen LogP contribution in [0.5, 0.6) is 0 Å². The molecule has 0 saturated heterocycles. The van der Waals surface area contributed by atoms with Gasteiger partial charge in [0.15, 0.2) is 0 Å². The van der Waals surface area contributed by atoms with Crippen LogP contribution in [0.15, 0.2) is 103 Å². The van der Waals surface area contributed by atoms with E-state index in [0.717, 1.165) is 19.4 Å². The van der Waals surface area contributed by atoms with Crippen LogP contribution in [0.25, 0.3) is 0 Å². The maximum absolute atomic E-state index is 2.45. The van der Waals surface area contributed by atoms with Crippen LogP contribution in [-0.4, -0.2) is 18.0 Å². The quantitative estimate of drug-likeness (QED) is 0.408. The third-order valence-corrected chi connectivity index (χ3v) is 5.19. The van der Waals surface area contributed by atoms with Gasteiger partial charge in [0.1, 0.15) is 0 Å². The number of rotatable bonds is 9. The molecule has 2 atom stereocenters. The van der Waals surface area contributed by atoms with Crippen molar-refractivity contribution >= 4 is 0 Å². The normalized spacial score (nSPS) is 13.7. The summed E-state index contributed by atoms with van der Waals surface area (Å²) in [5.74, 6) is 0.519. The molecule has 28 heavy (non-hydrogen) atoms. The van der Waals surface area contributed by atoms with E-state index in [2.05, 4.69) is 122 Å². The van der Waals surface area contributed by atoms with Gasteiger partial charge in [0.05, 0.1) is 0 Å². The molecule has 0 bridgehead atoms. The fourth-order valence-electron chi connectivity index (χ4n) is 3.59. The smallest absolute Gasteiger partial charge is 0.0319 e. The molecule has 0 amide bonds. The standard InChI is InChI=1S/C27H31N/c1-23(20-24-12-6-3-7-13-24)18-19-27(21-25-14-8-4-9-15-25)28(2)22-26-16-10-5-11-17-26/h3-19,23,27H,20-22H2,1-2H3/b19-18+/t23-,27-/m1/s1. The summed E-state index contributed by atoms with van der Waals surface area (Å²) in [5.41, 5.74) is 4.14. The Morgan fingerprint density at radius 3 is 1.64 bits per heavy atom. The molecule has 0 aromatic heterocycles. The number of hydrogen-bond donors (Lipinski definition) is 0. The molecule has 0 aliphatic rings. The van der Waals surface area contributed by atoms with Crippen LogP contribution in [-0.2, 0) is 19.4 Å². The minimum Gasteiger partial charge on any atom is -0.295 e. The first-order valence-corrected chi connectivity index (χ1v) is 10.2. The van der Waals surface area contributed by atoms with Crippen LogP contribution < -0.4 is 0 Å². The predicted molar refractivity (Wildman–Crippen MR) is 120 cm³/mol. The minimum atomic E-state index is 0.376. The van der Waals surface area contributed by atoms with Gasteiger partial charge in [-0.15, -0.1) is 0 Å². The zero-order valence-corrected chi connectivity index (χ0v) is 17.0. The maximum Gasteiger partial charge on any atom is 0.0319 e. The van der Waals surface area contributed by atoms with Crippen LogP contribution in [0.2, 0.25) is 0 Å². The molecule has 0 unspecified atom stereocenters. The van der Waals surface area contributed by atoms with Gasteiger partial charge in [0.2, 0.25) is 0 Å². The van der Waals surface area contributed by atoms with Crippen LogP contribution in [0.4, 0.5) is 0 Å². The third kappa shape index (κ3) is 6.51. The van der Waals surface area contributed by atoms with Gasteiger partial charge >= 0.3 is 0 Å². The molecular formula is C27H31N. The average Bonchev–Trinajstić information content (AvgIpc) is 2.73. The molecule has 0 fully saturated rings. The first-order valence-electron chi connectivity index (χ1n) is 10.2. The van der Waals surface area contributed by atoms with Crippen molar-refractivity contribution < 1.29 is 0 Å². The summed E-state index contributed by atoms with van der Waals surface area (Å²) in [6, 6.07) is 32.7. The molecule has 0 spiro atoms. The SMILES string of the molecule is C[C@H](/C=C/[C@H](Cc1ccccc1)N(C)Cc1ccccc1)Cc1ccccc1. The van der Waals surface area contributed by atoms with Gasteiger partial charge < -0.3 is 0 Å². The Balaban J connectivity index is 1.69. The molecule has 144 valence electrons. The van der Waals surface area contributed by atoms with Crippen molar-refractivity contribution in [2.24, 2.45) is 5.92 Å². The maximum atomic E-state index is 2.45. The van der Waals surface area contributed by atoms with Crippen molar-refractivity contribution in [1.82, 2.24) is 4.90 Å². The lowest BCUT2D eigenvalue weighted by atomic mass is 9.98. The molecule has 0 aliphatic carbocycles. The van der Waals surface area contributed by atoms with E-state index in [9.17, 15) is 0 Å². The van der Waals surface area contributed by atoms with E-state index in [1.165, 1.54) is 16.7 Å². The molecule has 3 aromatic rings.